The Balaban J connectivity index is 2.02. The first-order chi connectivity index (χ1) is 9.45. The van der Waals surface area contributed by atoms with E-state index in [-0.39, 0.29) is 4.90 Å². The van der Waals surface area contributed by atoms with Crippen molar-refractivity contribution in [2.45, 2.75) is 4.90 Å². The van der Waals surface area contributed by atoms with E-state index in [0.29, 0.717) is 10.8 Å². The second kappa shape index (κ2) is 5.95. The first-order valence-corrected chi connectivity index (χ1v) is 7.51. The number of anilines is 2. The fraction of sp³-hybridized carbons (Fsp3) is 0. The van der Waals surface area contributed by atoms with Crippen LogP contribution in [0.5, 0.6) is 0 Å². The Morgan fingerprint density at radius 2 is 1.50 bits per heavy atom. The Morgan fingerprint density at radius 1 is 1.00 bits per heavy atom. The van der Waals surface area contributed by atoms with Crippen molar-refractivity contribution in [2.24, 2.45) is 5.14 Å². The fourth-order valence-corrected chi connectivity index (χ4v) is 2.21. The van der Waals surface area contributed by atoms with Crippen LogP contribution in [0, 0.1) is 0 Å². The molecule has 0 bridgehead atoms. The molecule has 104 valence electrons. The molecular weight excluding hydrogens is 296 g/mol. The molecule has 0 atom stereocenters. The highest BCUT2D eigenvalue weighted by Gasteiger charge is 2.07. The van der Waals surface area contributed by atoms with Gasteiger partial charge in [-0.15, -0.1) is 0 Å². The number of thiocarbonyl (C=S) groups is 1. The number of nitrogens with two attached hydrogens (primary N) is 1. The largest absolute Gasteiger partial charge is 0.332 e. The summed E-state index contributed by atoms with van der Waals surface area (Å²) in [7, 11) is -3.68. The summed E-state index contributed by atoms with van der Waals surface area (Å²) in [5, 5.41) is 11.3. The van der Waals surface area contributed by atoms with Gasteiger partial charge in [0.15, 0.2) is 5.11 Å². The summed E-state index contributed by atoms with van der Waals surface area (Å²) < 4.78 is 22.2. The van der Waals surface area contributed by atoms with E-state index in [1.54, 1.807) is 36.7 Å². The first kappa shape index (κ1) is 14.4. The monoisotopic (exact) mass is 308 g/mol. The topological polar surface area (TPSA) is 97.1 Å². The lowest BCUT2D eigenvalue weighted by molar-refractivity contribution is 0.598. The number of nitrogens with zero attached hydrogens (tertiary/aromatic N) is 1. The maximum atomic E-state index is 11.1. The number of benzene rings is 1. The predicted molar refractivity (Wildman–Crippen MR) is 81.9 cm³/mol. The highest BCUT2D eigenvalue weighted by atomic mass is 32.2. The van der Waals surface area contributed by atoms with Gasteiger partial charge in [0.2, 0.25) is 10.0 Å². The minimum absolute atomic E-state index is 0.0519. The van der Waals surface area contributed by atoms with Gasteiger partial charge in [-0.25, -0.2) is 13.6 Å². The number of nitrogens with one attached hydrogen (secondary N) is 2. The Bertz CT molecular complexity index is 700. The van der Waals surface area contributed by atoms with E-state index < -0.39 is 10.0 Å². The molecule has 1 aromatic carbocycles. The normalized spacial score (nSPS) is 10.8. The Kier molecular flexibility index (Phi) is 4.28. The van der Waals surface area contributed by atoms with Gasteiger partial charge < -0.3 is 10.6 Å². The zero-order valence-corrected chi connectivity index (χ0v) is 11.9. The van der Waals surface area contributed by atoms with Crippen LogP contribution in [0.3, 0.4) is 0 Å². The standard InChI is InChI=1S/C12H12N4O2S2/c13-20(17,18)11-3-1-9(2-4-11)15-12(19)16-10-5-7-14-8-6-10/h1-8H,(H2,13,17,18)(H2,14,15,16,19). The molecule has 0 aliphatic heterocycles. The van der Waals surface area contributed by atoms with Gasteiger partial charge >= 0.3 is 0 Å². The highest BCUT2D eigenvalue weighted by Crippen LogP contribution is 2.13. The van der Waals surface area contributed by atoms with E-state index in [9.17, 15) is 8.42 Å². The zero-order valence-electron chi connectivity index (χ0n) is 10.3. The van der Waals surface area contributed by atoms with Gasteiger partial charge in [-0.3, -0.25) is 4.98 Å². The van der Waals surface area contributed by atoms with Crippen LogP contribution >= 0.6 is 12.2 Å². The van der Waals surface area contributed by atoms with Crippen molar-refractivity contribution in [3.05, 3.63) is 48.8 Å². The molecule has 1 heterocycles. The van der Waals surface area contributed by atoms with Crippen molar-refractivity contribution in [2.75, 3.05) is 10.6 Å². The van der Waals surface area contributed by atoms with Crippen LogP contribution in [0.1, 0.15) is 0 Å². The van der Waals surface area contributed by atoms with Crippen molar-refractivity contribution in [1.29, 1.82) is 0 Å². The summed E-state index contributed by atoms with van der Waals surface area (Å²) in [6.45, 7) is 0. The highest BCUT2D eigenvalue weighted by molar-refractivity contribution is 7.89. The number of primary sulfonamides is 1. The van der Waals surface area contributed by atoms with E-state index in [4.69, 9.17) is 17.4 Å². The molecule has 8 heteroatoms. The maximum absolute atomic E-state index is 11.1. The fourth-order valence-electron chi connectivity index (χ4n) is 1.46. The van der Waals surface area contributed by atoms with E-state index in [2.05, 4.69) is 15.6 Å². The summed E-state index contributed by atoms with van der Waals surface area (Å²) in [6, 6.07) is 9.54. The number of hydrogen-bond donors (Lipinski definition) is 3. The number of pyridine rings is 1. The van der Waals surface area contributed by atoms with E-state index in [0.717, 1.165) is 5.69 Å². The summed E-state index contributed by atoms with van der Waals surface area (Å²) >= 11 is 5.14. The van der Waals surface area contributed by atoms with Crippen LogP contribution in [0.2, 0.25) is 0 Å². The molecule has 1 aromatic heterocycles. The van der Waals surface area contributed by atoms with Gasteiger partial charge in [0.05, 0.1) is 4.90 Å². The molecule has 0 saturated heterocycles. The summed E-state index contributed by atoms with van der Waals surface area (Å²) in [4.78, 5) is 3.95. The lowest BCUT2D eigenvalue weighted by atomic mass is 10.3. The SMILES string of the molecule is NS(=O)(=O)c1ccc(NC(=S)Nc2ccncc2)cc1. The van der Waals surface area contributed by atoms with E-state index >= 15 is 0 Å². The van der Waals surface area contributed by atoms with Crippen LogP contribution in [-0.2, 0) is 10.0 Å². The van der Waals surface area contributed by atoms with Gasteiger partial charge in [-0.1, -0.05) is 0 Å². The van der Waals surface area contributed by atoms with Gasteiger partial charge in [0, 0.05) is 23.8 Å². The van der Waals surface area contributed by atoms with Gasteiger partial charge in [0.25, 0.3) is 0 Å². The molecule has 2 aromatic rings. The van der Waals surface area contributed by atoms with Crippen molar-refractivity contribution in [3.8, 4) is 0 Å². The van der Waals surface area contributed by atoms with Crippen molar-refractivity contribution < 1.29 is 8.42 Å². The number of aromatic nitrogens is 1. The van der Waals surface area contributed by atoms with Crippen molar-refractivity contribution in [3.63, 3.8) is 0 Å². The Labute approximate surface area is 122 Å². The molecule has 4 N–H and O–H groups in total. The molecule has 0 aliphatic carbocycles. The summed E-state index contributed by atoms with van der Waals surface area (Å²) in [6.07, 6.45) is 3.29. The third-order valence-corrected chi connectivity index (χ3v) is 3.51. The van der Waals surface area contributed by atoms with E-state index in [1.165, 1.54) is 12.1 Å². The molecule has 0 fully saturated rings. The van der Waals surface area contributed by atoms with Crippen LogP contribution in [0.4, 0.5) is 11.4 Å². The molecule has 0 saturated carbocycles. The number of hydrogen-bond acceptors (Lipinski definition) is 4. The molecule has 0 aliphatic rings. The minimum atomic E-state index is -3.68. The number of rotatable bonds is 3. The minimum Gasteiger partial charge on any atom is -0.332 e. The lowest BCUT2D eigenvalue weighted by Crippen LogP contribution is -2.19. The van der Waals surface area contributed by atoms with Crippen LogP contribution in [0.15, 0.2) is 53.7 Å². The van der Waals surface area contributed by atoms with Crippen LogP contribution in [0.25, 0.3) is 0 Å². The molecule has 2 rings (SSSR count). The van der Waals surface area contributed by atoms with E-state index in [1.807, 2.05) is 0 Å². The van der Waals surface area contributed by atoms with Crippen LogP contribution in [-0.4, -0.2) is 18.5 Å². The second-order valence-electron chi connectivity index (χ2n) is 3.88. The molecule has 0 spiro atoms. The lowest BCUT2D eigenvalue weighted by Gasteiger charge is -2.10. The summed E-state index contributed by atoms with van der Waals surface area (Å²) in [5.41, 5.74) is 1.46. The third-order valence-electron chi connectivity index (χ3n) is 2.38. The van der Waals surface area contributed by atoms with Gasteiger partial charge in [-0.05, 0) is 48.6 Å². The molecule has 0 unspecified atom stereocenters. The zero-order chi connectivity index (χ0) is 14.6. The smallest absolute Gasteiger partial charge is 0.238 e. The maximum Gasteiger partial charge on any atom is 0.238 e. The van der Waals surface area contributed by atoms with Crippen LogP contribution < -0.4 is 15.8 Å². The van der Waals surface area contributed by atoms with Crippen molar-refractivity contribution in [1.82, 2.24) is 4.98 Å². The predicted octanol–water partition coefficient (Wildman–Crippen LogP) is 1.54. The Morgan fingerprint density at radius 3 is 2.00 bits per heavy atom. The summed E-state index contributed by atoms with van der Waals surface area (Å²) in [5.74, 6) is 0. The molecule has 0 amide bonds. The quantitative estimate of drug-likeness (QED) is 0.744. The van der Waals surface area contributed by atoms with Gasteiger partial charge in [-0.2, -0.15) is 0 Å². The molecular formula is C12H12N4O2S2. The second-order valence-corrected chi connectivity index (χ2v) is 5.85. The molecule has 6 nitrogen and oxygen atoms in total. The third kappa shape index (κ3) is 3.98. The molecule has 0 radical (unpaired) electrons. The number of sulfonamides is 1. The van der Waals surface area contributed by atoms with Gasteiger partial charge in [0.1, 0.15) is 0 Å². The average molecular weight is 308 g/mol. The average Bonchev–Trinajstić information content (AvgIpc) is 2.39. The Hall–Kier alpha value is -2.03. The first-order valence-electron chi connectivity index (χ1n) is 5.56. The van der Waals surface area contributed by atoms with Crippen molar-refractivity contribution >= 4 is 38.7 Å². The molecule has 20 heavy (non-hydrogen) atoms.